The number of hydrogen-bond acceptors (Lipinski definition) is 4. The lowest BCUT2D eigenvalue weighted by atomic mass is 10.1. The number of aromatic amines is 1. The molecule has 23 heavy (non-hydrogen) atoms. The summed E-state index contributed by atoms with van der Waals surface area (Å²) in [5.41, 5.74) is 2.60. The lowest BCUT2D eigenvalue weighted by molar-refractivity contribution is 0.102. The number of benzene rings is 2. The number of H-pyrrole nitrogens is 1. The molecule has 116 valence electrons. The zero-order chi connectivity index (χ0) is 16.2. The number of hydrogen-bond donors (Lipinski definition) is 1. The van der Waals surface area contributed by atoms with E-state index in [-0.39, 0.29) is 17.4 Å². The molecule has 0 aliphatic carbocycles. The Kier molecular flexibility index (Phi) is 4.52. The van der Waals surface area contributed by atoms with Crippen molar-refractivity contribution in [3.05, 3.63) is 65.5 Å². The van der Waals surface area contributed by atoms with Crippen LogP contribution in [0.15, 0.2) is 53.7 Å². The number of nitrogens with zero attached hydrogens (tertiary/aromatic N) is 2. The molecule has 0 aliphatic heterocycles. The van der Waals surface area contributed by atoms with Crippen LogP contribution in [0.25, 0.3) is 11.4 Å². The second-order valence-corrected chi connectivity index (χ2v) is 6.03. The maximum atomic E-state index is 12.8. The summed E-state index contributed by atoms with van der Waals surface area (Å²) in [6.07, 6.45) is 0. The number of aromatic nitrogens is 3. The zero-order valence-corrected chi connectivity index (χ0v) is 13.2. The van der Waals surface area contributed by atoms with Gasteiger partial charge in [0, 0.05) is 11.1 Å². The lowest BCUT2D eigenvalue weighted by Gasteiger charge is -1.99. The van der Waals surface area contributed by atoms with E-state index >= 15 is 0 Å². The summed E-state index contributed by atoms with van der Waals surface area (Å²) in [5, 5.41) is 8.71. The van der Waals surface area contributed by atoms with E-state index in [1.54, 1.807) is 0 Å². The minimum absolute atomic E-state index is 0.0803. The van der Waals surface area contributed by atoms with Crippen molar-refractivity contribution >= 4 is 17.5 Å². The van der Waals surface area contributed by atoms with E-state index in [1.807, 2.05) is 31.2 Å². The first kappa shape index (κ1) is 15.4. The van der Waals surface area contributed by atoms with Crippen molar-refractivity contribution in [2.75, 3.05) is 5.75 Å². The lowest BCUT2D eigenvalue weighted by Crippen LogP contribution is -2.02. The molecule has 3 rings (SSSR count). The van der Waals surface area contributed by atoms with Crippen LogP contribution >= 0.6 is 11.8 Å². The van der Waals surface area contributed by atoms with Crippen LogP contribution in [-0.2, 0) is 0 Å². The Morgan fingerprint density at radius 1 is 1.09 bits per heavy atom. The molecule has 0 saturated carbocycles. The SMILES string of the molecule is Cc1ccc(-c2nnc(SCC(=O)c3ccc(F)cc3)[nH]2)cc1. The predicted octanol–water partition coefficient (Wildman–Crippen LogP) is 3.89. The Morgan fingerprint density at radius 2 is 1.78 bits per heavy atom. The first-order chi connectivity index (χ1) is 11.1. The number of halogens is 1. The molecule has 3 aromatic rings. The van der Waals surface area contributed by atoms with Crippen LogP contribution in [0.1, 0.15) is 15.9 Å². The van der Waals surface area contributed by atoms with Gasteiger partial charge in [-0.15, -0.1) is 10.2 Å². The fourth-order valence-corrected chi connectivity index (χ4v) is 2.71. The Labute approximate surface area is 137 Å². The molecule has 0 saturated heterocycles. The van der Waals surface area contributed by atoms with Gasteiger partial charge in [0.15, 0.2) is 16.8 Å². The standard InChI is InChI=1S/C17H14FN3OS/c1-11-2-4-13(5-3-11)16-19-17(21-20-16)23-10-15(22)12-6-8-14(18)9-7-12/h2-9H,10H2,1H3,(H,19,20,21). The van der Waals surface area contributed by atoms with Gasteiger partial charge < -0.3 is 4.98 Å². The number of aryl methyl sites for hydroxylation is 1. The van der Waals surface area contributed by atoms with E-state index in [1.165, 1.54) is 41.6 Å². The molecule has 0 aliphatic rings. The molecule has 1 N–H and O–H groups in total. The van der Waals surface area contributed by atoms with Gasteiger partial charge in [0.25, 0.3) is 0 Å². The molecule has 1 heterocycles. The fraction of sp³-hybridized carbons (Fsp3) is 0.118. The Hall–Kier alpha value is -2.47. The smallest absolute Gasteiger partial charge is 0.189 e. The van der Waals surface area contributed by atoms with E-state index in [0.29, 0.717) is 16.5 Å². The van der Waals surface area contributed by atoms with Gasteiger partial charge in [-0.3, -0.25) is 4.79 Å². The summed E-state index contributed by atoms with van der Waals surface area (Å²) in [6.45, 7) is 2.02. The average molecular weight is 327 g/mol. The second kappa shape index (κ2) is 6.75. The highest BCUT2D eigenvalue weighted by Crippen LogP contribution is 2.20. The van der Waals surface area contributed by atoms with Crippen molar-refractivity contribution in [3.8, 4) is 11.4 Å². The Bertz CT molecular complexity index is 813. The minimum Gasteiger partial charge on any atom is -0.316 e. The highest BCUT2D eigenvalue weighted by molar-refractivity contribution is 7.99. The molecule has 0 spiro atoms. The number of nitrogens with one attached hydrogen (secondary N) is 1. The molecule has 0 bridgehead atoms. The first-order valence-corrected chi connectivity index (χ1v) is 8.02. The summed E-state index contributed by atoms with van der Waals surface area (Å²) >= 11 is 1.27. The van der Waals surface area contributed by atoms with Gasteiger partial charge in [-0.05, 0) is 31.2 Å². The quantitative estimate of drug-likeness (QED) is 0.570. The van der Waals surface area contributed by atoms with Crippen molar-refractivity contribution in [3.63, 3.8) is 0 Å². The van der Waals surface area contributed by atoms with Gasteiger partial charge in [0.1, 0.15) is 5.82 Å². The summed E-state index contributed by atoms with van der Waals surface area (Å²) in [5.74, 6) is 0.450. The molecule has 0 unspecified atom stereocenters. The van der Waals surface area contributed by atoms with Crippen molar-refractivity contribution in [2.24, 2.45) is 0 Å². The van der Waals surface area contributed by atoms with Crippen LogP contribution in [-0.4, -0.2) is 26.7 Å². The van der Waals surface area contributed by atoms with E-state index in [9.17, 15) is 9.18 Å². The van der Waals surface area contributed by atoms with E-state index in [4.69, 9.17) is 0 Å². The topological polar surface area (TPSA) is 58.6 Å². The van der Waals surface area contributed by atoms with Crippen LogP contribution in [0.3, 0.4) is 0 Å². The summed E-state index contributed by atoms with van der Waals surface area (Å²) < 4.78 is 12.8. The van der Waals surface area contributed by atoms with E-state index < -0.39 is 0 Å². The average Bonchev–Trinajstić information content (AvgIpc) is 3.03. The molecule has 2 aromatic carbocycles. The number of carbonyl (C=O) groups is 1. The summed E-state index contributed by atoms with van der Waals surface area (Å²) in [6, 6.07) is 13.5. The largest absolute Gasteiger partial charge is 0.316 e. The summed E-state index contributed by atoms with van der Waals surface area (Å²) in [4.78, 5) is 15.1. The third-order valence-electron chi connectivity index (χ3n) is 3.30. The molecule has 0 radical (unpaired) electrons. The normalized spacial score (nSPS) is 10.7. The molecular weight excluding hydrogens is 313 g/mol. The van der Waals surface area contributed by atoms with Crippen LogP contribution in [0.2, 0.25) is 0 Å². The van der Waals surface area contributed by atoms with Crippen molar-refractivity contribution in [1.29, 1.82) is 0 Å². The van der Waals surface area contributed by atoms with Crippen molar-refractivity contribution in [2.45, 2.75) is 12.1 Å². The number of Topliss-reactive ketones (excluding diaryl/α,β-unsaturated/α-hetero) is 1. The van der Waals surface area contributed by atoms with Crippen molar-refractivity contribution in [1.82, 2.24) is 15.2 Å². The highest BCUT2D eigenvalue weighted by atomic mass is 32.2. The molecule has 6 heteroatoms. The third-order valence-corrected chi connectivity index (χ3v) is 4.16. The minimum atomic E-state index is -0.354. The Balaban J connectivity index is 1.64. The van der Waals surface area contributed by atoms with Gasteiger partial charge >= 0.3 is 0 Å². The molecule has 1 aromatic heterocycles. The van der Waals surface area contributed by atoms with Gasteiger partial charge in [0.05, 0.1) is 5.75 Å². The predicted molar refractivity (Wildman–Crippen MR) is 88.0 cm³/mol. The number of ketones is 1. The van der Waals surface area contributed by atoms with Crippen LogP contribution in [0, 0.1) is 12.7 Å². The maximum Gasteiger partial charge on any atom is 0.189 e. The monoisotopic (exact) mass is 327 g/mol. The molecule has 0 fully saturated rings. The maximum absolute atomic E-state index is 12.8. The first-order valence-electron chi connectivity index (χ1n) is 7.03. The molecule has 0 amide bonds. The fourth-order valence-electron chi connectivity index (χ4n) is 2.01. The van der Waals surface area contributed by atoms with Crippen molar-refractivity contribution < 1.29 is 9.18 Å². The number of rotatable bonds is 5. The summed E-state index contributed by atoms with van der Waals surface area (Å²) in [7, 11) is 0. The Morgan fingerprint density at radius 3 is 2.48 bits per heavy atom. The van der Waals surface area contributed by atoms with Crippen LogP contribution in [0.5, 0.6) is 0 Å². The van der Waals surface area contributed by atoms with Crippen LogP contribution < -0.4 is 0 Å². The number of thioether (sulfide) groups is 1. The molecule has 4 nitrogen and oxygen atoms in total. The van der Waals surface area contributed by atoms with E-state index in [2.05, 4.69) is 15.2 Å². The third kappa shape index (κ3) is 3.84. The molecular formula is C17H14FN3OS. The van der Waals surface area contributed by atoms with Gasteiger partial charge in [0.2, 0.25) is 0 Å². The van der Waals surface area contributed by atoms with Gasteiger partial charge in [-0.2, -0.15) is 0 Å². The highest BCUT2D eigenvalue weighted by Gasteiger charge is 2.10. The van der Waals surface area contributed by atoms with Gasteiger partial charge in [-0.1, -0.05) is 41.6 Å². The van der Waals surface area contributed by atoms with Gasteiger partial charge in [-0.25, -0.2) is 4.39 Å². The number of carbonyl (C=O) groups excluding carboxylic acids is 1. The zero-order valence-electron chi connectivity index (χ0n) is 12.4. The van der Waals surface area contributed by atoms with E-state index in [0.717, 1.165) is 5.56 Å². The molecule has 0 atom stereocenters. The second-order valence-electron chi connectivity index (χ2n) is 5.06. The van der Waals surface area contributed by atoms with Crippen LogP contribution in [0.4, 0.5) is 4.39 Å².